The number of anilines is 1. The topological polar surface area (TPSA) is 315 Å². The molecule has 530 valence electrons. The Morgan fingerprint density at radius 1 is 0.612 bits per heavy atom. The van der Waals surface area contributed by atoms with Crippen molar-refractivity contribution < 1.29 is 66.5 Å². The number of piperazine rings is 2. The number of aromatic nitrogens is 2. The maximum absolute atomic E-state index is 13.9. The second kappa shape index (κ2) is 38.9. The van der Waals surface area contributed by atoms with Gasteiger partial charge < -0.3 is 59.4 Å². The van der Waals surface area contributed by atoms with Gasteiger partial charge in [-0.25, -0.2) is 37.7 Å². The number of aliphatic hydroxyl groups excluding tert-OH is 1. The molecule has 32 heteroatoms. The third kappa shape index (κ3) is 25.5. The molecule has 2 aromatic heterocycles. The molecule has 0 unspecified atom stereocenters. The molecule has 0 spiro atoms. The number of azide groups is 1. The van der Waals surface area contributed by atoms with Crippen molar-refractivity contribution in [3.8, 4) is 0 Å². The number of likely N-dealkylation sites (N-methyl/N-ethyl adjacent to an activating group) is 2. The van der Waals surface area contributed by atoms with Gasteiger partial charge in [0, 0.05) is 120 Å². The third-order valence-corrected chi connectivity index (χ3v) is 15.9. The average molecular weight is 1440 g/mol. The predicted octanol–water partition coefficient (Wildman–Crippen LogP) is 11.4. The molecule has 2 aliphatic heterocycles. The van der Waals surface area contributed by atoms with E-state index in [9.17, 15) is 52.2 Å². The Hall–Kier alpha value is -8.93. The molecule has 4 aromatic carbocycles. The number of pyridine rings is 2. The third-order valence-electron chi connectivity index (χ3n) is 15.1. The molecule has 4 heterocycles. The number of rotatable bonds is 17. The number of aliphatic hydroxyl groups is 1. The van der Waals surface area contributed by atoms with Crippen molar-refractivity contribution in [2.24, 2.45) is 5.11 Å². The maximum atomic E-state index is 13.9. The summed E-state index contributed by atoms with van der Waals surface area (Å²) in [6.07, 6.45) is 2.27. The van der Waals surface area contributed by atoms with Gasteiger partial charge in [-0.1, -0.05) is 96.0 Å². The number of halogens is 4. The quantitative estimate of drug-likeness (QED) is 0.0286. The summed E-state index contributed by atoms with van der Waals surface area (Å²) in [6.45, 7) is 13.1. The molecule has 0 saturated carbocycles. The minimum atomic E-state index is -0.775. The van der Waals surface area contributed by atoms with E-state index in [1.54, 1.807) is 97.8 Å². The molecule has 0 aliphatic carbocycles. The van der Waals surface area contributed by atoms with E-state index in [0.29, 0.717) is 69.3 Å². The van der Waals surface area contributed by atoms with Gasteiger partial charge in [-0.15, -0.1) is 0 Å². The summed E-state index contributed by atoms with van der Waals surface area (Å²) in [6, 6.07) is 24.8. The van der Waals surface area contributed by atoms with Gasteiger partial charge in [0.05, 0.1) is 28.7 Å². The van der Waals surface area contributed by atoms with Crippen LogP contribution in [-0.4, -0.2) is 195 Å². The number of amides is 10. The smallest absolute Gasteiger partial charge is 0.412 e. The lowest BCUT2D eigenvalue weighted by Gasteiger charge is -2.36. The van der Waals surface area contributed by atoms with Crippen molar-refractivity contribution in [2.45, 2.75) is 104 Å². The molecule has 0 bridgehead atoms. The molecule has 2 saturated heterocycles. The number of nitrogens with one attached hydrogen (secondary N) is 3. The van der Waals surface area contributed by atoms with Crippen LogP contribution in [0.4, 0.5) is 38.6 Å². The second-order valence-corrected chi connectivity index (χ2v) is 25.0. The van der Waals surface area contributed by atoms with Crippen LogP contribution in [0.25, 0.3) is 32.0 Å². The van der Waals surface area contributed by atoms with Crippen LogP contribution in [-0.2, 0) is 36.9 Å². The van der Waals surface area contributed by atoms with Crippen molar-refractivity contribution in [3.63, 3.8) is 0 Å². The zero-order valence-corrected chi connectivity index (χ0v) is 59.2. The monoisotopic (exact) mass is 1440 g/mol. The highest BCUT2D eigenvalue weighted by atomic mass is 35.5. The lowest BCUT2D eigenvalue weighted by atomic mass is 10.1. The molecule has 0 radical (unpaired) electrons. The summed E-state index contributed by atoms with van der Waals surface area (Å²) < 4.78 is 43.7. The van der Waals surface area contributed by atoms with E-state index >= 15 is 0 Å². The molecular weight excluding hydrogens is 1350 g/mol. The molecule has 26 nitrogen and oxygen atoms in total. The van der Waals surface area contributed by atoms with Crippen LogP contribution in [0, 0.1) is 11.6 Å². The summed E-state index contributed by atoms with van der Waals surface area (Å²) in [4.78, 5) is 120. The van der Waals surface area contributed by atoms with Gasteiger partial charge in [-0.05, 0) is 111 Å². The predicted molar refractivity (Wildman–Crippen MR) is 377 cm³/mol. The average Bonchev–Trinajstić information content (AvgIpc) is 0.856. The number of hydrogen-bond acceptors (Lipinski definition) is 14. The molecule has 98 heavy (non-hydrogen) atoms. The van der Waals surface area contributed by atoms with Gasteiger partial charge in [0.1, 0.15) is 41.0 Å². The summed E-state index contributed by atoms with van der Waals surface area (Å²) in [5, 5.41) is 24.2. The van der Waals surface area contributed by atoms with Crippen LogP contribution < -0.4 is 16.0 Å². The first-order valence-corrected chi connectivity index (χ1v) is 31.5. The number of carbonyl (C=O) groups is 8. The van der Waals surface area contributed by atoms with E-state index in [4.69, 9.17) is 42.9 Å². The van der Waals surface area contributed by atoms with E-state index in [0.717, 1.165) is 21.5 Å². The lowest BCUT2D eigenvalue weighted by molar-refractivity contribution is -0.134. The van der Waals surface area contributed by atoms with Crippen LogP contribution in [0.5, 0.6) is 0 Å². The Labute approximate surface area is 591 Å². The van der Waals surface area contributed by atoms with Gasteiger partial charge in [-0.3, -0.25) is 24.7 Å². The minimum Gasteiger partial charge on any atom is -0.447 e. The van der Waals surface area contributed by atoms with E-state index in [1.807, 2.05) is 48.5 Å². The molecular formula is C66H84Cl2F2N14O12S2. The van der Waals surface area contributed by atoms with Crippen molar-refractivity contribution in [1.29, 1.82) is 0 Å². The number of ether oxygens (including phenoxy) is 3. The molecule has 4 N–H and O–H groups in total. The molecule has 8 rings (SSSR count). The van der Waals surface area contributed by atoms with Gasteiger partial charge in [0.15, 0.2) is 0 Å². The second-order valence-electron chi connectivity index (χ2n) is 24.3. The molecule has 2 atom stereocenters. The van der Waals surface area contributed by atoms with E-state index < -0.39 is 71.2 Å². The first kappa shape index (κ1) is 81.5. The van der Waals surface area contributed by atoms with Crippen molar-refractivity contribution in [1.82, 2.24) is 50.0 Å². The highest BCUT2D eigenvalue weighted by Gasteiger charge is 2.32. The number of fused-ring (bicyclic) bond motifs is 2. The van der Waals surface area contributed by atoms with Crippen LogP contribution in [0.1, 0.15) is 88.8 Å². The maximum Gasteiger partial charge on any atom is 0.412 e. The molecule has 6 aromatic rings. The Morgan fingerprint density at radius 2 is 1.02 bits per heavy atom. The van der Waals surface area contributed by atoms with Gasteiger partial charge in [0.2, 0.25) is 11.8 Å². The lowest BCUT2D eigenvalue weighted by Crippen LogP contribution is -2.52. The van der Waals surface area contributed by atoms with Crippen LogP contribution >= 0.6 is 50.2 Å². The normalized spacial score (nSPS) is 13.4. The minimum absolute atomic E-state index is 0. The summed E-state index contributed by atoms with van der Waals surface area (Å²) >= 11 is 11.9. The molecule has 2 aliphatic rings. The standard InChI is InChI=1S/C33H40ClFN6O6.C23H34ClFN4O5.C10H6N4O.2H2S/c1-33(2,3)47-32(45)41-16-14-40(15-17-41)28(42)13-12-25(39(4)30(43)37-20-24-10-7-11-26(35)29(24)34)21-46-31(44)38-27-18-22-8-5-6-9-23(22)19-36-27;1-23(2,3)34-22(33)29-12-10-28(11-13-29)19(31)9-8-17(15-30)27(4)21(32)26-14-16-6-5-7-18(25)20(16)24;11-14-13-10(15)9-5-7-3-1-2-4-8(7)6-12-9;;/h5-11,18-19,25H,12-17,20-21H2,1-4H3,(H,37,43)(H,36,38,44);5-7,17,30H,8-15H2,1-4H3,(H,26,32);1-6H;2*1H2/t25-;17-;;;/m00.../s1. The first-order chi connectivity index (χ1) is 45.5. The zero-order chi connectivity index (χ0) is 70.3. The Kier molecular flexibility index (Phi) is 32.3. The number of nitrogens with zero attached hydrogens (tertiary/aromatic N) is 11. The largest absolute Gasteiger partial charge is 0.447 e. The fourth-order valence-corrected chi connectivity index (χ4v) is 10.1. The number of urea groups is 2. The summed E-state index contributed by atoms with van der Waals surface area (Å²) in [5.74, 6) is -1.81. The van der Waals surface area contributed by atoms with Crippen LogP contribution in [0.2, 0.25) is 10.0 Å². The fourth-order valence-electron chi connectivity index (χ4n) is 9.67. The Morgan fingerprint density at radius 3 is 1.46 bits per heavy atom. The molecule has 10 amide bonds. The van der Waals surface area contributed by atoms with Gasteiger partial charge in [-0.2, -0.15) is 27.0 Å². The van der Waals surface area contributed by atoms with Crippen molar-refractivity contribution >= 4 is 126 Å². The van der Waals surface area contributed by atoms with E-state index in [-0.39, 0.29) is 107 Å². The van der Waals surface area contributed by atoms with Crippen molar-refractivity contribution in [3.05, 3.63) is 158 Å². The van der Waals surface area contributed by atoms with Gasteiger partial charge >= 0.3 is 30.3 Å². The molecule has 2 fully saturated rings. The van der Waals surface area contributed by atoms with Gasteiger partial charge in [0.25, 0.3) is 5.91 Å². The van der Waals surface area contributed by atoms with Crippen molar-refractivity contribution in [2.75, 3.05) is 85.0 Å². The summed E-state index contributed by atoms with van der Waals surface area (Å²) in [7, 11) is 3.04. The highest BCUT2D eigenvalue weighted by Crippen LogP contribution is 2.23. The zero-order valence-electron chi connectivity index (χ0n) is 55.7. The van der Waals surface area contributed by atoms with Crippen LogP contribution in [0.15, 0.2) is 115 Å². The summed E-state index contributed by atoms with van der Waals surface area (Å²) in [5.41, 5.74) is 7.91. The van der Waals surface area contributed by atoms with Crippen LogP contribution in [0.3, 0.4) is 0 Å². The van der Waals surface area contributed by atoms with E-state index in [1.165, 1.54) is 48.2 Å². The number of hydrogen-bond donors (Lipinski definition) is 4. The Balaban J connectivity index is 0.000000347. The number of carbonyl (C=O) groups excluding carboxylic acids is 8. The van der Waals surface area contributed by atoms with E-state index in [2.05, 4.69) is 35.9 Å². The fraction of sp³-hybridized carbons (Fsp3) is 0.424. The SMILES string of the molecule is CN(C(=O)NCc1cccc(F)c1Cl)[C@@H](CCC(=O)N1CCN(C(=O)OC(C)(C)C)CC1)COC(=O)Nc1cc2ccccc2cn1.CN(C(=O)NCc1cccc(F)c1Cl)[C@H](CO)CCC(=O)N1CCN(C(=O)OC(C)(C)C)CC1.S.S.[N-]=[N+]=NC(=O)c1cc2ccccc2cn1. The Bertz CT molecular complexity index is 3780. The highest BCUT2D eigenvalue weighted by molar-refractivity contribution is 7.59. The first-order valence-electron chi connectivity index (χ1n) is 30.8. The number of benzene rings is 4.